The highest BCUT2D eigenvalue weighted by Gasteiger charge is 2.13. The first kappa shape index (κ1) is 14.7. The van der Waals surface area contributed by atoms with Crippen molar-refractivity contribution in [1.29, 1.82) is 0 Å². The van der Waals surface area contributed by atoms with Crippen LogP contribution in [-0.4, -0.2) is 15.0 Å². The Labute approximate surface area is 119 Å². The van der Waals surface area contributed by atoms with Gasteiger partial charge < -0.3 is 5.73 Å². The van der Waals surface area contributed by atoms with E-state index < -0.39 is 10.0 Å². The molecule has 2 aromatic rings. The summed E-state index contributed by atoms with van der Waals surface area (Å²) in [7, 11) is -3.47. The van der Waals surface area contributed by atoms with Gasteiger partial charge >= 0.3 is 0 Å². The van der Waals surface area contributed by atoms with Crippen LogP contribution in [0.4, 0.5) is 0 Å². The van der Waals surface area contributed by atoms with Crippen molar-refractivity contribution in [3.63, 3.8) is 0 Å². The van der Waals surface area contributed by atoms with Gasteiger partial charge in [-0.2, -0.15) is 0 Å². The second-order valence-corrected chi connectivity index (χ2v) is 6.25. The van der Waals surface area contributed by atoms with Crippen LogP contribution in [0.25, 0.3) is 0 Å². The van der Waals surface area contributed by atoms with Crippen LogP contribution >= 0.6 is 0 Å². The Morgan fingerprint density at radius 1 is 0.950 bits per heavy atom. The number of sulfonamides is 1. The van der Waals surface area contributed by atoms with Crippen LogP contribution in [0.2, 0.25) is 0 Å². The second-order valence-electron chi connectivity index (χ2n) is 4.48. The molecule has 0 saturated carbocycles. The lowest BCUT2D eigenvalue weighted by Gasteiger charge is -2.08. The second kappa shape index (κ2) is 6.65. The molecule has 0 bridgehead atoms. The standard InChI is InChI=1S/C15H18N2O2S/c16-12-14-7-4-8-15(11-14)20(18,19)17-10-9-13-5-2-1-3-6-13/h1-8,11,17H,9-10,12,16H2. The van der Waals surface area contributed by atoms with Crippen molar-refractivity contribution in [2.24, 2.45) is 5.73 Å². The van der Waals surface area contributed by atoms with Gasteiger partial charge in [0.2, 0.25) is 10.0 Å². The van der Waals surface area contributed by atoms with Crippen molar-refractivity contribution in [2.45, 2.75) is 17.9 Å². The zero-order valence-corrected chi connectivity index (χ0v) is 11.9. The van der Waals surface area contributed by atoms with Crippen molar-refractivity contribution in [1.82, 2.24) is 4.72 Å². The molecule has 0 unspecified atom stereocenters. The van der Waals surface area contributed by atoms with E-state index in [1.807, 2.05) is 36.4 Å². The largest absolute Gasteiger partial charge is 0.326 e. The molecule has 106 valence electrons. The summed E-state index contributed by atoms with van der Waals surface area (Å²) in [5.74, 6) is 0. The van der Waals surface area contributed by atoms with E-state index in [0.29, 0.717) is 19.5 Å². The average molecular weight is 290 g/mol. The number of nitrogens with one attached hydrogen (secondary N) is 1. The fourth-order valence-electron chi connectivity index (χ4n) is 1.90. The molecule has 0 fully saturated rings. The van der Waals surface area contributed by atoms with Crippen LogP contribution in [0.5, 0.6) is 0 Å². The zero-order chi connectivity index (χ0) is 14.4. The minimum absolute atomic E-state index is 0.258. The third-order valence-electron chi connectivity index (χ3n) is 2.99. The van der Waals surface area contributed by atoms with E-state index in [1.165, 1.54) is 0 Å². The minimum Gasteiger partial charge on any atom is -0.326 e. The Morgan fingerprint density at radius 3 is 2.35 bits per heavy atom. The van der Waals surface area contributed by atoms with Gasteiger partial charge in [-0.1, -0.05) is 42.5 Å². The van der Waals surface area contributed by atoms with E-state index in [2.05, 4.69) is 4.72 Å². The van der Waals surface area contributed by atoms with E-state index in [0.717, 1.165) is 11.1 Å². The molecular formula is C15H18N2O2S. The number of nitrogens with two attached hydrogens (primary N) is 1. The van der Waals surface area contributed by atoms with Gasteiger partial charge in [-0.25, -0.2) is 13.1 Å². The monoisotopic (exact) mass is 290 g/mol. The van der Waals surface area contributed by atoms with Gasteiger partial charge in [-0.3, -0.25) is 0 Å². The van der Waals surface area contributed by atoms with E-state index in [9.17, 15) is 8.42 Å². The summed E-state index contributed by atoms with van der Waals surface area (Å²) < 4.78 is 26.9. The fraction of sp³-hybridized carbons (Fsp3) is 0.200. The Morgan fingerprint density at radius 2 is 1.65 bits per heavy atom. The lowest BCUT2D eigenvalue weighted by Crippen LogP contribution is -2.26. The Balaban J connectivity index is 2.00. The molecule has 20 heavy (non-hydrogen) atoms. The molecule has 2 aromatic carbocycles. The van der Waals surface area contributed by atoms with Crippen LogP contribution in [0.1, 0.15) is 11.1 Å². The zero-order valence-electron chi connectivity index (χ0n) is 11.1. The van der Waals surface area contributed by atoms with Gasteiger partial charge in [0.1, 0.15) is 0 Å². The maximum absolute atomic E-state index is 12.1. The van der Waals surface area contributed by atoms with Crippen LogP contribution in [0.15, 0.2) is 59.5 Å². The third kappa shape index (κ3) is 3.90. The van der Waals surface area contributed by atoms with E-state index in [4.69, 9.17) is 5.73 Å². The molecular weight excluding hydrogens is 272 g/mol. The molecule has 0 amide bonds. The molecule has 0 aliphatic heterocycles. The summed E-state index contributed by atoms with van der Waals surface area (Å²) in [6, 6.07) is 16.5. The molecule has 0 saturated heterocycles. The molecule has 5 heteroatoms. The van der Waals surface area contributed by atoms with Gasteiger partial charge in [0, 0.05) is 13.1 Å². The van der Waals surface area contributed by atoms with Crippen molar-refractivity contribution >= 4 is 10.0 Å². The predicted molar refractivity (Wildman–Crippen MR) is 79.7 cm³/mol. The van der Waals surface area contributed by atoms with Crippen LogP contribution in [0, 0.1) is 0 Å². The Bertz CT molecular complexity index is 655. The topological polar surface area (TPSA) is 72.2 Å². The van der Waals surface area contributed by atoms with Crippen molar-refractivity contribution < 1.29 is 8.42 Å². The van der Waals surface area contributed by atoms with Gasteiger partial charge in [0.15, 0.2) is 0 Å². The molecule has 0 spiro atoms. The van der Waals surface area contributed by atoms with Gasteiger partial charge in [0.05, 0.1) is 4.90 Å². The summed E-state index contributed by atoms with van der Waals surface area (Å²) >= 11 is 0. The molecule has 3 N–H and O–H groups in total. The Hall–Kier alpha value is -1.69. The van der Waals surface area contributed by atoms with E-state index >= 15 is 0 Å². The normalized spacial score (nSPS) is 11.4. The van der Waals surface area contributed by atoms with Crippen molar-refractivity contribution in [3.8, 4) is 0 Å². The average Bonchev–Trinajstić information content (AvgIpc) is 2.48. The lowest BCUT2D eigenvalue weighted by molar-refractivity contribution is 0.581. The maximum atomic E-state index is 12.1. The molecule has 0 aromatic heterocycles. The molecule has 0 radical (unpaired) electrons. The summed E-state index contributed by atoms with van der Waals surface area (Å²) in [4.78, 5) is 0.258. The molecule has 0 heterocycles. The fourth-order valence-corrected chi connectivity index (χ4v) is 3.00. The van der Waals surface area contributed by atoms with Crippen molar-refractivity contribution in [2.75, 3.05) is 6.54 Å². The highest BCUT2D eigenvalue weighted by molar-refractivity contribution is 7.89. The maximum Gasteiger partial charge on any atom is 0.240 e. The quantitative estimate of drug-likeness (QED) is 0.850. The molecule has 4 nitrogen and oxygen atoms in total. The first-order chi connectivity index (χ1) is 9.62. The van der Waals surface area contributed by atoms with Gasteiger partial charge in [0.25, 0.3) is 0 Å². The van der Waals surface area contributed by atoms with Crippen LogP contribution in [-0.2, 0) is 23.0 Å². The molecule has 0 aliphatic carbocycles. The van der Waals surface area contributed by atoms with Crippen LogP contribution in [0.3, 0.4) is 0 Å². The molecule has 2 rings (SSSR count). The van der Waals surface area contributed by atoms with Gasteiger partial charge in [-0.15, -0.1) is 0 Å². The SMILES string of the molecule is NCc1cccc(S(=O)(=O)NCCc2ccccc2)c1. The smallest absolute Gasteiger partial charge is 0.240 e. The number of hydrogen-bond donors (Lipinski definition) is 2. The van der Waals surface area contributed by atoms with E-state index in [-0.39, 0.29) is 4.90 Å². The highest BCUT2D eigenvalue weighted by atomic mass is 32.2. The number of rotatable bonds is 6. The van der Waals surface area contributed by atoms with Crippen molar-refractivity contribution in [3.05, 3.63) is 65.7 Å². The molecule has 0 aliphatic rings. The lowest BCUT2D eigenvalue weighted by atomic mass is 10.2. The third-order valence-corrected chi connectivity index (χ3v) is 4.45. The highest BCUT2D eigenvalue weighted by Crippen LogP contribution is 2.11. The molecule has 0 atom stereocenters. The van der Waals surface area contributed by atoms with Crippen LogP contribution < -0.4 is 10.5 Å². The van der Waals surface area contributed by atoms with Gasteiger partial charge in [-0.05, 0) is 29.7 Å². The Kier molecular flexibility index (Phi) is 4.89. The first-order valence-corrected chi connectivity index (χ1v) is 7.93. The summed E-state index contributed by atoms with van der Waals surface area (Å²) in [6.07, 6.45) is 0.663. The number of hydrogen-bond acceptors (Lipinski definition) is 3. The predicted octanol–water partition coefficient (Wildman–Crippen LogP) is 1.67. The van der Waals surface area contributed by atoms with E-state index in [1.54, 1.807) is 18.2 Å². The summed E-state index contributed by atoms with van der Waals surface area (Å²) in [5.41, 5.74) is 7.43. The summed E-state index contributed by atoms with van der Waals surface area (Å²) in [5, 5.41) is 0. The summed E-state index contributed by atoms with van der Waals surface area (Å²) in [6.45, 7) is 0.701. The first-order valence-electron chi connectivity index (χ1n) is 6.44. The minimum atomic E-state index is -3.47. The number of benzene rings is 2.